The first-order valence-corrected chi connectivity index (χ1v) is 9.29. The van der Waals surface area contributed by atoms with Crippen LogP contribution in [-0.2, 0) is 0 Å². The van der Waals surface area contributed by atoms with E-state index in [4.69, 9.17) is 0 Å². The van der Waals surface area contributed by atoms with Crippen molar-refractivity contribution >= 4 is 44.5 Å². The van der Waals surface area contributed by atoms with Gasteiger partial charge in [0, 0.05) is 11.8 Å². The summed E-state index contributed by atoms with van der Waals surface area (Å²) in [6, 6.07) is 22.6. The van der Waals surface area contributed by atoms with Crippen molar-refractivity contribution in [3.05, 3.63) is 95.4 Å². The topological polar surface area (TPSA) is 0 Å². The van der Waals surface area contributed by atoms with Gasteiger partial charge < -0.3 is 0 Å². The van der Waals surface area contributed by atoms with Crippen molar-refractivity contribution in [2.75, 3.05) is 0 Å². The van der Waals surface area contributed by atoms with E-state index in [9.17, 15) is 0 Å². The maximum atomic E-state index is 2.42. The SMILES string of the molecule is C1=CC2C=c3cc4cc5cc6ccccc6cc5cc4cc3=CC2C=C1. The number of hydrogen-bond acceptors (Lipinski definition) is 0. The van der Waals surface area contributed by atoms with Crippen molar-refractivity contribution in [3.63, 3.8) is 0 Å². The highest BCUT2D eigenvalue weighted by Crippen LogP contribution is 2.28. The van der Waals surface area contributed by atoms with Crippen LogP contribution in [0.5, 0.6) is 0 Å². The minimum Gasteiger partial charge on any atom is -0.0767 e. The van der Waals surface area contributed by atoms with Gasteiger partial charge in [0.15, 0.2) is 0 Å². The first kappa shape index (κ1) is 14.1. The van der Waals surface area contributed by atoms with E-state index in [0.717, 1.165) is 0 Å². The Kier molecular flexibility index (Phi) is 2.81. The fourth-order valence-electron chi connectivity index (χ4n) is 4.46. The van der Waals surface area contributed by atoms with Gasteiger partial charge in [-0.1, -0.05) is 60.7 Å². The maximum absolute atomic E-state index is 2.42. The second kappa shape index (κ2) is 5.19. The van der Waals surface area contributed by atoms with Crippen molar-refractivity contribution < 1.29 is 0 Å². The Morgan fingerprint density at radius 1 is 0.462 bits per heavy atom. The molecule has 0 heteroatoms. The molecule has 0 aliphatic heterocycles. The van der Waals surface area contributed by atoms with Gasteiger partial charge in [-0.15, -0.1) is 0 Å². The molecule has 0 fully saturated rings. The zero-order valence-corrected chi connectivity index (χ0v) is 14.4. The van der Waals surface area contributed by atoms with Gasteiger partial charge in [-0.2, -0.15) is 0 Å². The average molecular weight is 330 g/mol. The highest BCUT2D eigenvalue weighted by molar-refractivity contribution is 6.04. The van der Waals surface area contributed by atoms with Gasteiger partial charge in [0.1, 0.15) is 0 Å². The molecular weight excluding hydrogens is 312 g/mol. The van der Waals surface area contributed by atoms with Gasteiger partial charge in [-0.3, -0.25) is 0 Å². The monoisotopic (exact) mass is 330 g/mol. The van der Waals surface area contributed by atoms with Crippen LogP contribution < -0.4 is 10.4 Å². The molecule has 6 rings (SSSR count). The zero-order chi connectivity index (χ0) is 17.1. The van der Waals surface area contributed by atoms with Crippen LogP contribution in [0.15, 0.2) is 85.0 Å². The van der Waals surface area contributed by atoms with Gasteiger partial charge in [0.05, 0.1) is 0 Å². The third-order valence-electron chi connectivity index (χ3n) is 5.83. The molecule has 4 aromatic carbocycles. The van der Waals surface area contributed by atoms with Crippen molar-refractivity contribution in [2.45, 2.75) is 0 Å². The normalized spacial score (nSPS) is 20.6. The number of allylic oxidation sites excluding steroid dienone is 4. The Morgan fingerprint density at radius 3 is 1.38 bits per heavy atom. The van der Waals surface area contributed by atoms with Crippen LogP contribution >= 0.6 is 0 Å². The van der Waals surface area contributed by atoms with Crippen molar-refractivity contribution in [1.82, 2.24) is 0 Å². The summed E-state index contributed by atoms with van der Waals surface area (Å²) in [5.41, 5.74) is 0. The quantitative estimate of drug-likeness (QED) is 0.394. The molecule has 0 radical (unpaired) electrons. The standard InChI is InChI=1S/C26H18/c1-2-6-18-10-22-14-26-16-24-12-20-8-4-3-7-19(20)11-23(24)15-25(26)13-21(22)9-17(18)5-1/h1-18H. The third kappa shape index (κ3) is 2.09. The maximum Gasteiger partial charge on any atom is 0.00569 e. The fourth-order valence-corrected chi connectivity index (χ4v) is 4.46. The number of rotatable bonds is 0. The number of benzene rings is 4. The van der Waals surface area contributed by atoms with Crippen molar-refractivity contribution in [2.24, 2.45) is 11.8 Å². The first-order chi connectivity index (χ1) is 12.8. The lowest BCUT2D eigenvalue weighted by molar-refractivity contribution is 0.724. The second-order valence-corrected chi connectivity index (χ2v) is 7.48. The van der Waals surface area contributed by atoms with Crippen molar-refractivity contribution in [1.29, 1.82) is 0 Å². The lowest BCUT2D eigenvalue weighted by Gasteiger charge is -2.21. The molecule has 0 aromatic heterocycles. The molecule has 0 saturated heterocycles. The van der Waals surface area contributed by atoms with Crippen LogP contribution in [0.25, 0.3) is 44.5 Å². The summed E-state index contributed by atoms with van der Waals surface area (Å²) in [5, 5.41) is 10.6. The van der Waals surface area contributed by atoms with Gasteiger partial charge >= 0.3 is 0 Å². The van der Waals surface area contributed by atoms with Crippen LogP contribution in [-0.4, -0.2) is 0 Å². The Labute approximate surface area is 152 Å². The Bertz CT molecular complexity index is 1280. The molecule has 122 valence electrons. The summed E-state index contributed by atoms with van der Waals surface area (Å²) >= 11 is 0. The molecule has 2 atom stereocenters. The predicted octanol–water partition coefficient (Wildman–Crippen LogP) is 5.08. The second-order valence-electron chi connectivity index (χ2n) is 7.48. The average Bonchev–Trinajstić information content (AvgIpc) is 2.67. The van der Waals surface area contributed by atoms with Crippen molar-refractivity contribution in [3.8, 4) is 0 Å². The minimum atomic E-state index is 0.495. The van der Waals surface area contributed by atoms with E-state index in [1.165, 1.54) is 42.8 Å². The van der Waals surface area contributed by atoms with E-state index in [1.807, 2.05) is 0 Å². The van der Waals surface area contributed by atoms with Crippen LogP contribution in [0.4, 0.5) is 0 Å². The van der Waals surface area contributed by atoms with E-state index in [1.54, 1.807) is 0 Å². The van der Waals surface area contributed by atoms with E-state index >= 15 is 0 Å². The smallest absolute Gasteiger partial charge is 0.00569 e. The van der Waals surface area contributed by atoms with Crippen LogP contribution in [0.1, 0.15) is 0 Å². The molecule has 2 unspecified atom stereocenters. The molecule has 0 spiro atoms. The summed E-state index contributed by atoms with van der Waals surface area (Å²) < 4.78 is 0. The molecule has 4 aromatic rings. The summed E-state index contributed by atoms with van der Waals surface area (Å²) in [5.74, 6) is 0.990. The highest BCUT2D eigenvalue weighted by Gasteiger charge is 2.17. The Hall–Kier alpha value is -3.12. The number of fused-ring (bicyclic) bond motifs is 5. The van der Waals surface area contributed by atoms with Crippen LogP contribution in [0, 0.1) is 11.8 Å². The first-order valence-electron chi connectivity index (χ1n) is 9.29. The Balaban J connectivity index is 1.66. The lowest BCUT2D eigenvalue weighted by atomic mass is 9.83. The van der Waals surface area contributed by atoms with Gasteiger partial charge in [-0.25, -0.2) is 0 Å². The highest BCUT2D eigenvalue weighted by atomic mass is 14.2. The molecule has 2 aliphatic rings. The predicted molar refractivity (Wildman–Crippen MR) is 112 cm³/mol. The van der Waals surface area contributed by atoms with Gasteiger partial charge in [0.2, 0.25) is 0 Å². The van der Waals surface area contributed by atoms with Crippen LogP contribution in [0.3, 0.4) is 0 Å². The summed E-state index contributed by atoms with van der Waals surface area (Å²) in [6.45, 7) is 0. The minimum absolute atomic E-state index is 0.495. The Morgan fingerprint density at radius 2 is 0.885 bits per heavy atom. The summed E-state index contributed by atoms with van der Waals surface area (Å²) in [6.07, 6.45) is 13.8. The van der Waals surface area contributed by atoms with Gasteiger partial charge in [0.25, 0.3) is 0 Å². The summed E-state index contributed by atoms with van der Waals surface area (Å²) in [4.78, 5) is 0. The third-order valence-corrected chi connectivity index (χ3v) is 5.83. The summed E-state index contributed by atoms with van der Waals surface area (Å²) in [7, 11) is 0. The molecule has 0 N–H and O–H groups in total. The molecular formula is C26H18. The van der Waals surface area contributed by atoms with E-state index < -0.39 is 0 Å². The van der Waals surface area contributed by atoms with E-state index in [2.05, 4.69) is 97.1 Å². The van der Waals surface area contributed by atoms with E-state index in [0.29, 0.717) is 11.8 Å². The fraction of sp³-hybridized carbons (Fsp3) is 0.0769. The number of hydrogen-bond donors (Lipinski definition) is 0. The molecule has 0 saturated carbocycles. The molecule has 0 amide bonds. The van der Waals surface area contributed by atoms with Crippen LogP contribution in [0.2, 0.25) is 0 Å². The molecule has 0 bridgehead atoms. The lowest BCUT2D eigenvalue weighted by Crippen LogP contribution is -2.32. The largest absolute Gasteiger partial charge is 0.0767 e. The van der Waals surface area contributed by atoms with E-state index in [-0.39, 0.29) is 0 Å². The zero-order valence-electron chi connectivity index (χ0n) is 14.4. The molecule has 0 heterocycles. The van der Waals surface area contributed by atoms with Gasteiger partial charge in [-0.05, 0) is 79.2 Å². The molecule has 2 aliphatic carbocycles. The molecule has 26 heavy (non-hydrogen) atoms. The molecule has 0 nitrogen and oxygen atoms in total.